The number of halogens is 1. The number of aliphatic hydroxyl groups is 1. The fourth-order valence-electron chi connectivity index (χ4n) is 2.91. The summed E-state index contributed by atoms with van der Waals surface area (Å²) >= 11 is 6.24. The second-order valence-corrected chi connectivity index (χ2v) is 6.66. The lowest BCUT2D eigenvalue weighted by molar-refractivity contribution is 0.320. The SMILES string of the molecule is C=C(O)/C=C\C(=C/CC)c1ccc(C2COC(c3ccccc3Cl)=N2)cc1. The van der Waals surface area contributed by atoms with Crippen molar-refractivity contribution in [1.29, 1.82) is 0 Å². The van der Waals surface area contributed by atoms with Gasteiger partial charge in [0.05, 0.1) is 10.6 Å². The molecule has 1 atom stereocenters. The number of benzene rings is 2. The molecule has 0 bridgehead atoms. The van der Waals surface area contributed by atoms with Crippen LogP contribution in [0.1, 0.15) is 36.1 Å². The van der Waals surface area contributed by atoms with Crippen molar-refractivity contribution in [2.24, 2.45) is 4.99 Å². The van der Waals surface area contributed by atoms with Crippen molar-refractivity contribution >= 4 is 23.1 Å². The monoisotopic (exact) mass is 379 g/mol. The molecule has 0 aromatic heterocycles. The molecule has 3 nitrogen and oxygen atoms in total. The van der Waals surface area contributed by atoms with Crippen LogP contribution in [0.15, 0.2) is 84.1 Å². The van der Waals surface area contributed by atoms with Gasteiger partial charge in [-0.05, 0) is 41.3 Å². The minimum atomic E-state index is -0.0447. The standard InChI is InChI=1S/C23H22ClNO2/c1-3-6-17(10-9-16(2)26)18-11-13-19(14-12-18)22-15-27-23(25-22)20-7-4-5-8-21(20)24/h4-14,22,26H,2-3,15H2,1H3/b10-9-,17-6+. The first-order valence-electron chi connectivity index (χ1n) is 8.90. The summed E-state index contributed by atoms with van der Waals surface area (Å²) < 4.78 is 5.77. The van der Waals surface area contributed by atoms with Gasteiger partial charge in [-0.15, -0.1) is 0 Å². The van der Waals surface area contributed by atoms with Gasteiger partial charge in [0.2, 0.25) is 5.90 Å². The van der Waals surface area contributed by atoms with Crippen molar-refractivity contribution in [1.82, 2.24) is 0 Å². The van der Waals surface area contributed by atoms with E-state index < -0.39 is 0 Å². The highest BCUT2D eigenvalue weighted by molar-refractivity contribution is 6.33. The number of aliphatic hydroxyl groups excluding tert-OH is 1. The average Bonchev–Trinajstić information content (AvgIpc) is 3.15. The Kier molecular flexibility index (Phi) is 6.15. The van der Waals surface area contributed by atoms with Crippen molar-refractivity contribution in [3.05, 3.63) is 101 Å². The van der Waals surface area contributed by atoms with Gasteiger partial charge in [-0.3, -0.25) is 0 Å². The van der Waals surface area contributed by atoms with E-state index in [-0.39, 0.29) is 11.8 Å². The summed E-state index contributed by atoms with van der Waals surface area (Å²) in [4.78, 5) is 4.70. The van der Waals surface area contributed by atoms with Crippen LogP contribution in [-0.2, 0) is 4.74 Å². The molecular weight excluding hydrogens is 358 g/mol. The molecule has 0 saturated carbocycles. The summed E-state index contributed by atoms with van der Waals surface area (Å²) in [6, 6.07) is 15.8. The quantitative estimate of drug-likeness (QED) is 0.474. The van der Waals surface area contributed by atoms with Gasteiger partial charge in [0.15, 0.2) is 0 Å². The summed E-state index contributed by atoms with van der Waals surface area (Å²) in [5, 5.41) is 9.93. The molecule has 0 amide bonds. The maximum atomic E-state index is 9.30. The van der Waals surface area contributed by atoms with Crippen LogP contribution in [0.25, 0.3) is 5.57 Å². The van der Waals surface area contributed by atoms with Gasteiger partial charge >= 0.3 is 0 Å². The Morgan fingerprint density at radius 3 is 2.63 bits per heavy atom. The number of rotatable bonds is 6. The molecule has 4 heteroatoms. The van der Waals surface area contributed by atoms with Crippen LogP contribution < -0.4 is 0 Å². The number of aliphatic imine (C=N–C) groups is 1. The molecular formula is C23H22ClNO2. The molecule has 1 unspecified atom stereocenters. The molecule has 2 aromatic rings. The lowest BCUT2D eigenvalue weighted by Crippen LogP contribution is -2.01. The topological polar surface area (TPSA) is 41.8 Å². The summed E-state index contributed by atoms with van der Waals surface area (Å²) in [6.45, 7) is 6.07. The molecule has 3 rings (SSSR count). The third-order valence-electron chi connectivity index (χ3n) is 4.26. The summed E-state index contributed by atoms with van der Waals surface area (Å²) in [6.07, 6.45) is 6.48. The van der Waals surface area contributed by atoms with Gasteiger partial charge in [0.1, 0.15) is 18.4 Å². The van der Waals surface area contributed by atoms with Crippen LogP contribution in [0, 0.1) is 0 Å². The molecule has 0 fully saturated rings. The largest absolute Gasteiger partial charge is 0.509 e. The average molecular weight is 380 g/mol. The predicted octanol–water partition coefficient (Wildman–Crippen LogP) is 6.28. The van der Waals surface area contributed by atoms with Crippen molar-refractivity contribution in [3.63, 3.8) is 0 Å². The van der Waals surface area contributed by atoms with Crippen LogP contribution >= 0.6 is 11.6 Å². The first-order chi connectivity index (χ1) is 13.1. The zero-order valence-corrected chi connectivity index (χ0v) is 16.0. The van der Waals surface area contributed by atoms with E-state index in [0.29, 0.717) is 17.5 Å². The summed E-state index contributed by atoms with van der Waals surface area (Å²) in [5.41, 5.74) is 4.03. The van der Waals surface area contributed by atoms with Gasteiger partial charge in [0, 0.05) is 0 Å². The zero-order chi connectivity index (χ0) is 19.2. The fourth-order valence-corrected chi connectivity index (χ4v) is 3.13. The number of hydrogen-bond acceptors (Lipinski definition) is 3. The molecule has 1 aliphatic heterocycles. The molecule has 27 heavy (non-hydrogen) atoms. The molecule has 138 valence electrons. The van der Waals surface area contributed by atoms with Crippen molar-refractivity contribution in [2.45, 2.75) is 19.4 Å². The second-order valence-electron chi connectivity index (χ2n) is 6.26. The number of ether oxygens (including phenoxy) is 1. The Balaban J connectivity index is 1.80. The van der Waals surface area contributed by atoms with E-state index in [4.69, 9.17) is 21.3 Å². The van der Waals surface area contributed by atoms with Crippen molar-refractivity contribution in [3.8, 4) is 0 Å². The Bertz CT molecular complexity index is 910. The second kappa shape index (κ2) is 8.74. The molecule has 1 aliphatic rings. The van der Waals surface area contributed by atoms with Crippen LogP contribution in [0.3, 0.4) is 0 Å². The third-order valence-corrected chi connectivity index (χ3v) is 4.59. The van der Waals surface area contributed by atoms with Crippen molar-refractivity contribution < 1.29 is 9.84 Å². The highest BCUT2D eigenvalue weighted by Crippen LogP contribution is 2.29. The molecule has 0 aliphatic carbocycles. The van der Waals surface area contributed by atoms with Crippen LogP contribution in [0.2, 0.25) is 5.02 Å². The third kappa shape index (κ3) is 4.69. The van der Waals surface area contributed by atoms with E-state index in [9.17, 15) is 5.11 Å². The molecule has 0 radical (unpaired) electrons. The van der Waals surface area contributed by atoms with E-state index in [2.05, 4.69) is 43.8 Å². The summed E-state index contributed by atoms with van der Waals surface area (Å²) in [7, 11) is 0. The number of nitrogens with zero attached hydrogens (tertiary/aromatic N) is 1. The van der Waals surface area contributed by atoms with Gasteiger partial charge in [-0.1, -0.05) is 73.7 Å². The lowest BCUT2D eigenvalue weighted by atomic mass is 10.00. The minimum absolute atomic E-state index is 0.0400. The van der Waals surface area contributed by atoms with Crippen LogP contribution in [-0.4, -0.2) is 17.6 Å². The zero-order valence-electron chi connectivity index (χ0n) is 15.2. The minimum Gasteiger partial charge on any atom is -0.509 e. The number of allylic oxidation sites excluding steroid dienone is 4. The normalized spacial score (nSPS) is 17.0. The summed E-state index contributed by atoms with van der Waals surface area (Å²) in [5.74, 6) is 0.629. The Labute approximate surface area is 165 Å². The van der Waals surface area contributed by atoms with Gasteiger partial charge in [-0.2, -0.15) is 0 Å². The first-order valence-corrected chi connectivity index (χ1v) is 9.28. The predicted molar refractivity (Wildman–Crippen MR) is 112 cm³/mol. The van der Waals surface area contributed by atoms with Gasteiger partial charge in [-0.25, -0.2) is 4.99 Å². The van der Waals surface area contributed by atoms with Crippen LogP contribution in [0.5, 0.6) is 0 Å². The molecule has 0 spiro atoms. The van der Waals surface area contributed by atoms with E-state index in [1.54, 1.807) is 6.08 Å². The maximum Gasteiger partial charge on any atom is 0.218 e. The molecule has 1 heterocycles. The van der Waals surface area contributed by atoms with E-state index >= 15 is 0 Å². The molecule has 1 N–H and O–H groups in total. The number of hydrogen-bond donors (Lipinski definition) is 1. The van der Waals surface area contributed by atoms with Gasteiger partial charge < -0.3 is 9.84 Å². The first kappa shape index (κ1) is 19.0. The van der Waals surface area contributed by atoms with Crippen molar-refractivity contribution in [2.75, 3.05) is 6.61 Å². The molecule has 2 aromatic carbocycles. The maximum absolute atomic E-state index is 9.30. The smallest absolute Gasteiger partial charge is 0.218 e. The molecule has 0 saturated heterocycles. The van der Waals surface area contributed by atoms with E-state index in [0.717, 1.165) is 28.7 Å². The fraction of sp³-hybridized carbons (Fsp3) is 0.174. The highest BCUT2D eigenvalue weighted by Gasteiger charge is 2.23. The highest BCUT2D eigenvalue weighted by atomic mass is 35.5. The van der Waals surface area contributed by atoms with E-state index in [1.807, 2.05) is 30.3 Å². The Morgan fingerprint density at radius 1 is 1.22 bits per heavy atom. The van der Waals surface area contributed by atoms with Gasteiger partial charge in [0.25, 0.3) is 0 Å². The lowest BCUT2D eigenvalue weighted by Gasteiger charge is -2.08. The van der Waals surface area contributed by atoms with Crippen LogP contribution in [0.4, 0.5) is 0 Å². The Hall–Kier alpha value is -2.78. The Morgan fingerprint density at radius 2 is 1.96 bits per heavy atom. The van der Waals surface area contributed by atoms with E-state index in [1.165, 1.54) is 0 Å².